The van der Waals surface area contributed by atoms with Gasteiger partial charge in [0.15, 0.2) is 0 Å². The van der Waals surface area contributed by atoms with E-state index in [0.717, 1.165) is 29.5 Å². The van der Waals surface area contributed by atoms with Crippen molar-refractivity contribution in [2.45, 2.75) is 19.8 Å². The van der Waals surface area contributed by atoms with Crippen molar-refractivity contribution in [3.05, 3.63) is 29.4 Å². The van der Waals surface area contributed by atoms with Gasteiger partial charge in [0, 0.05) is 24.7 Å². The number of para-hydroxylation sites is 1. The van der Waals surface area contributed by atoms with E-state index < -0.39 is 0 Å². The number of hydrogen-bond acceptors (Lipinski definition) is 1. The first-order valence-corrected chi connectivity index (χ1v) is 6.64. The zero-order valence-corrected chi connectivity index (χ0v) is 10.8. The Labute approximate surface area is 107 Å². The first-order chi connectivity index (χ1) is 8.25. The summed E-state index contributed by atoms with van der Waals surface area (Å²) in [5.41, 5.74) is 2.36. The van der Waals surface area contributed by atoms with Crippen LogP contribution in [0.5, 0.6) is 0 Å². The van der Waals surface area contributed by atoms with Gasteiger partial charge in [0.05, 0.1) is 16.2 Å². The molecule has 90 valence electrons. The maximum atomic E-state index is 6.18. The number of nitrogens with zero attached hydrogens (tertiary/aromatic N) is 1. The molecule has 0 amide bonds. The third-order valence-corrected chi connectivity index (χ3v) is 4.08. The molecular weight excluding hydrogens is 232 g/mol. The lowest BCUT2D eigenvalue weighted by atomic mass is 9.99. The second kappa shape index (κ2) is 4.26. The highest BCUT2D eigenvalue weighted by atomic mass is 35.5. The number of H-pyrrole nitrogens is 1. The molecule has 0 aliphatic carbocycles. The summed E-state index contributed by atoms with van der Waals surface area (Å²) in [6, 6.07) is 6.10. The third kappa shape index (κ3) is 1.91. The Morgan fingerprint density at radius 1 is 1.29 bits per heavy atom. The molecule has 1 aliphatic heterocycles. The van der Waals surface area contributed by atoms with Gasteiger partial charge in [-0.15, -0.1) is 0 Å². The molecule has 3 rings (SSSR count). The molecule has 2 nitrogen and oxygen atoms in total. The molecule has 0 bridgehead atoms. The number of aromatic nitrogens is 1. The lowest BCUT2D eigenvalue weighted by Gasteiger charge is -2.31. The van der Waals surface area contributed by atoms with E-state index in [9.17, 15) is 0 Å². The highest BCUT2D eigenvalue weighted by molar-refractivity contribution is 6.35. The Bertz CT molecular complexity index is 524. The zero-order chi connectivity index (χ0) is 11.8. The minimum Gasteiger partial charge on any atom is -0.370 e. The van der Waals surface area contributed by atoms with Gasteiger partial charge in [0.2, 0.25) is 0 Å². The zero-order valence-electron chi connectivity index (χ0n) is 10.0. The molecule has 0 unspecified atom stereocenters. The Morgan fingerprint density at radius 3 is 2.82 bits per heavy atom. The van der Waals surface area contributed by atoms with Crippen molar-refractivity contribution in [3.8, 4) is 0 Å². The molecule has 3 heteroatoms. The predicted octanol–water partition coefficient (Wildman–Crippen LogP) is 4.06. The average Bonchev–Trinajstić information content (AvgIpc) is 2.75. The summed E-state index contributed by atoms with van der Waals surface area (Å²) in [6.45, 7) is 4.64. The molecule has 1 aromatic heterocycles. The molecule has 2 aromatic rings. The molecule has 1 aliphatic rings. The van der Waals surface area contributed by atoms with Crippen LogP contribution < -0.4 is 4.90 Å². The van der Waals surface area contributed by atoms with Crippen molar-refractivity contribution in [1.82, 2.24) is 4.98 Å². The van der Waals surface area contributed by atoms with E-state index in [1.165, 1.54) is 23.9 Å². The Hall–Kier alpha value is -1.15. The highest BCUT2D eigenvalue weighted by Crippen LogP contribution is 2.33. The van der Waals surface area contributed by atoms with Gasteiger partial charge in [-0.2, -0.15) is 0 Å². The first kappa shape index (κ1) is 11.0. The fourth-order valence-electron chi connectivity index (χ4n) is 2.61. The van der Waals surface area contributed by atoms with Gasteiger partial charge < -0.3 is 9.88 Å². The molecule has 1 saturated heterocycles. The summed E-state index contributed by atoms with van der Waals surface area (Å²) in [5.74, 6) is 0.861. The summed E-state index contributed by atoms with van der Waals surface area (Å²) in [6.07, 6.45) is 4.66. The SMILES string of the molecule is CC1CCN(c2c[nH]c3c(Cl)cccc23)CC1. The van der Waals surface area contributed by atoms with E-state index in [1.807, 2.05) is 12.1 Å². The largest absolute Gasteiger partial charge is 0.370 e. The second-order valence-corrected chi connectivity index (χ2v) is 5.41. The number of hydrogen-bond donors (Lipinski definition) is 1. The van der Waals surface area contributed by atoms with E-state index in [0.29, 0.717) is 0 Å². The summed E-state index contributed by atoms with van der Waals surface area (Å²) in [7, 11) is 0. The number of benzene rings is 1. The molecule has 1 aromatic carbocycles. The standard InChI is InChI=1S/C14H17ClN2/c1-10-5-7-17(8-6-10)13-9-16-14-11(13)3-2-4-12(14)15/h2-4,9-10,16H,5-8H2,1H3. The van der Waals surface area contributed by atoms with E-state index >= 15 is 0 Å². The van der Waals surface area contributed by atoms with E-state index in [1.54, 1.807) is 0 Å². The van der Waals surface area contributed by atoms with Crippen molar-refractivity contribution in [3.63, 3.8) is 0 Å². The fraction of sp³-hybridized carbons (Fsp3) is 0.429. The van der Waals surface area contributed by atoms with Gasteiger partial charge >= 0.3 is 0 Å². The van der Waals surface area contributed by atoms with Crippen LogP contribution in [-0.4, -0.2) is 18.1 Å². The van der Waals surface area contributed by atoms with E-state index in [4.69, 9.17) is 11.6 Å². The molecule has 2 heterocycles. The quantitative estimate of drug-likeness (QED) is 0.807. The van der Waals surface area contributed by atoms with Crippen LogP contribution in [0.15, 0.2) is 24.4 Å². The van der Waals surface area contributed by atoms with Crippen molar-refractivity contribution >= 4 is 28.2 Å². The number of rotatable bonds is 1. The number of aromatic amines is 1. The smallest absolute Gasteiger partial charge is 0.0664 e. The first-order valence-electron chi connectivity index (χ1n) is 6.26. The van der Waals surface area contributed by atoms with Gasteiger partial charge in [-0.25, -0.2) is 0 Å². The molecule has 0 atom stereocenters. The number of anilines is 1. The maximum absolute atomic E-state index is 6.18. The van der Waals surface area contributed by atoms with Gasteiger partial charge in [0.25, 0.3) is 0 Å². The highest BCUT2D eigenvalue weighted by Gasteiger charge is 2.18. The van der Waals surface area contributed by atoms with Crippen LogP contribution in [0, 0.1) is 5.92 Å². The molecule has 0 radical (unpaired) electrons. The van der Waals surface area contributed by atoms with Crippen LogP contribution >= 0.6 is 11.6 Å². The predicted molar refractivity (Wildman–Crippen MR) is 73.9 cm³/mol. The van der Waals surface area contributed by atoms with Gasteiger partial charge in [-0.3, -0.25) is 0 Å². The molecule has 0 spiro atoms. The topological polar surface area (TPSA) is 19.0 Å². The third-order valence-electron chi connectivity index (χ3n) is 3.77. The maximum Gasteiger partial charge on any atom is 0.0664 e. The molecule has 0 saturated carbocycles. The van der Waals surface area contributed by atoms with Crippen LogP contribution in [0.4, 0.5) is 5.69 Å². The molecule has 1 N–H and O–H groups in total. The van der Waals surface area contributed by atoms with Gasteiger partial charge in [0.1, 0.15) is 0 Å². The monoisotopic (exact) mass is 248 g/mol. The number of fused-ring (bicyclic) bond motifs is 1. The van der Waals surface area contributed by atoms with Crippen LogP contribution in [0.25, 0.3) is 10.9 Å². The number of halogens is 1. The molecule has 1 fully saturated rings. The lowest BCUT2D eigenvalue weighted by molar-refractivity contribution is 0.439. The Kier molecular flexibility index (Phi) is 2.75. The number of nitrogens with one attached hydrogen (secondary N) is 1. The van der Waals surface area contributed by atoms with Crippen LogP contribution in [-0.2, 0) is 0 Å². The normalized spacial score (nSPS) is 17.9. The summed E-state index contributed by atoms with van der Waals surface area (Å²) >= 11 is 6.18. The van der Waals surface area contributed by atoms with E-state index in [2.05, 4.69) is 29.1 Å². The van der Waals surface area contributed by atoms with Crippen molar-refractivity contribution in [2.24, 2.45) is 5.92 Å². The molecular formula is C14H17ClN2. The lowest BCUT2D eigenvalue weighted by Crippen LogP contribution is -2.32. The summed E-state index contributed by atoms with van der Waals surface area (Å²) < 4.78 is 0. The van der Waals surface area contributed by atoms with Crippen LogP contribution in [0.1, 0.15) is 19.8 Å². The second-order valence-electron chi connectivity index (χ2n) is 5.01. The van der Waals surface area contributed by atoms with Crippen LogP contribution in [0.3, 0.4) is 0 Å². The minimum atomic E-state index is 0.805. The Balaban J connectivity index is 1.98. The van der Waals surface area contributed by atoms with Gasteiger partial charge in [-0.05, 0) is 24.8 Å². The molecule has 17 heavy (non-hydrogen) atoms. The van der Waals surface area contributed by atoms with Crippen molar-refractivity contribution < 1.29 is 0 Å². The fourth-order valence-corrected chi connectivity index (χ4v) is 2.84. The van der Waals surface area contributed by atoms with Gasteiger partial charge in [-0.1, -0.05) is 30.7 Å². The Morgan fingerprint density at radius 2 is 2.06 bits per heavy atom. The minimum absolute atomic E-state index is 0.805. The van der Waals surface area contributed by atoms with Crippen molar-refractivity contribution in [2.75, 3.05) is 18.0 Å². The summed E-state index contributed by atoms with van der Waals surface area (Å²) in [4.78, 5) is 5.76. The van der Waals surface area contributed by atoms with E-state index in [-0.39, 0.29) is 0 Å². The van der Waals surface area contributed by atoms with Crippen LogP contribution in [0.2, 0.25) is 5.02 Å². The average molecular weight is 249 g/mol. The number of piperidine rings is 1. The summed E-state index contributed by atoms with van der Waals surface area (Å²) in [5, 5.41) is 2.05. The van der Waals surface area contributed by atoms with Crippen molar-refractivity contribution in [1.29, 1.82) is 0 Å².